The highest BCUT2D eigenvalue weighted by Crippen LogP contribution is 2.26. The van der Waals surface area contributed by atoms with Gasteiger partial charge in [0.25, 0.3) is 0 Å². The molecule has 0 aliphatic heterocycles. The van der Waals surface area contributed by atoms with Crippen molar-refractivity contribution in [2.45, 2.75) is 38.8 Å². The number of anilines is 1. The third-order valence-corrected chi connectivity index (χ3v) is 8.20. The molecule has 0 saturated heterocycles. The Kier molecular flexibility index (Phi) is 11.9. The highest BCUT2D eigenvalue weighted by molar-refractivity contribution is 7.92. The fourth-order valence-corrected chi connectivity index (χ4v) is 5.58. The minimum atomic E-state index is -3.89. The lowest BCUT2D eigenvalue weighted by Crippen LogP contribution is -2.53. The summed E-state index contributed by atoms with van der Waals surface area (Å²) in [6.45, 7) is 1.89. The molecule has 0 bridgehead atoms. The Morgan fingerprint density at radius 1 is 1.00 bits per heavy atom. The van der Waals surface area contributed by atoms with Crippen LogP contribution in [0.1, 0.15) is 30.9 Å². The lowest BCUT2D eigenvalue weighted by Gasteiger charge is -2.33. The number of methoxy groups -OCH3 is 1. The number of benzene rings is 3. The van der Waals surface area contributed by atoms with Crippen molar-refractivity contribution in [3.05, 3.63) is 94.0 Å². The number of hydrogen-bond donors (Lipinski definition) is 1. The van der Waals surface area contributed by atoms with Crippen molar-refractivity contribution < 1.29 is 22.7 Å². The van der Waals surface area contributed by atoms with Gasteiger partial charge in [-0.05, 0) is 41.8 Å². The molecule has 3 rings (SSSR count). The monoisotopic (exact) mass is 619 g/mol. The molecule has 0 aliphatic rings. The number of nitrogens with one attached hydrogen (secondary N) is 1. The molecular formula is C30H35Cl2N3O5S. The summed E-state index contributed by atoms with van der Waals surface area (Å²) in [5.41, 5.74) is 1.67. The van der Waals surface area contributed by atoms with Gasteiger partial charge in [-0.2, -0.15) is 0 Å². The first-order chi connectivity index (χ1) is 19.5. The van der Waals surface area contributed by atoms with E-state index in [1.54, 1.807) is 36.4 Å². The first kappa shape index (κ1) is 32.2. The van der Waals surface area contributed by atoms with Crippen LogP contribution in [-0.2, 0) is 32.6 Å². The van der Waals surface area contributed by atoms with Crippen LogP contribution in [0.4, 0.5) is 5.69 Å². The van der Waals surface area contributed by atoms with Crippen molar-refractivity contribution in [3.63, 3.8) is 0 Å². The van der Waals surface area contributed by atoms with Gasteiger partial charge in [-0.1, -0.05) is 79.0 Å². The molecule has 0 unspecified atom stereocenters. The van der Waals surface area contributed by atoms with E-state index >= 15 is 0 Å². The topological polar surface area (TPSA) is 96.0 Å². The molecule has 1 atom stereocenters. The van der Waals surface area contributed by atoms with Gasteiger partial charge >= 0.3 is 0 Å². The fourth-order valence-electron chi connectivity index (χ4n) is 4.27. The van der Waals surface area contributed by atoms with E-state index in [0.717, 1.165) is 29.0 Å². The summed E-state index contributed by atoms with van der Waals surface area (Å²) >= 11 is 12.6. The predicted molar refractivity (Wildman–Crippen MR) is 164 cm³/mol. The number of rotatable bonds is 14. The molecule has 0 radical (unpaired) electrons. The summed E-state index contributed by atoms with van der Waals surface area (Å²) in [5.74, 6) is -0.477. The smallest absolute Gasteiger partial charge is 0.244 e. The molecule has 41 heavy (non-hydrogen) atoms. The van der Waals surface area contributed by atoms with Crippen LogP contribution < -0.4 is 14.4 Å². The lowest BCUT2D eigenvalue weighted by atomic mass is 10.0. The number of nitrogens with zero attached hydrogens (tertiary/aromatic N) is 2. The Hall–Kier alpha value is -3.27. The molecule has 1 N–H and O–H groups in total. The zero-order valence-corrected chi connectivity index (χ0v) is 25.7. The maximum absolute atomic E-state index is 14.1. The minimum absolute atomic E-state index is 0.0384. The van der Waals surface area contributed by atoms with Crippen LogP contribution in [0.3, 0.4) is 0 Å². The summed E-state index contributed by atoms with van der Waals surface area (Å²) in [6, 6.07) is 19.7. The molecule has 3 aromatic rings. The quantitative estimate of drug-likeness (QED) is 0.246. The van der Waals surface area contributed by atoms with Gasteiger partial charge in [-0.3, -0.25) is 13.9 Å². The van der Waals surface area contributed by atoms with Crippen molar-refractivity contribution >= 4 is 50.7 Å². The second-order valence-corrected chi connectivity index (χ2v) is 12.3. The number of ether oxygens (including phenoxy) is 1. The van der Waals surface area contributed by atoms with Crippen molar-refractivity contribution in [3.8, 4) is 5.75 Å². The summed E-state index contributed by atoms with van der Waals surface area (Å²) < 4.78 is 32.1. The van der Waals surface area contributed by atoms with E-state index in [0.29, 0.717) is 27.9 Å². The highest BCUT2D eigenvalue weighted by Gasteiger charge is 2.33. The lowest BCUT2D eigenvalue weighted by molar-refractivity contribution is -0.140. The van der Waals surface area contributed by atoms with Gasteiger partial charge in [0.05, 0.1) is 19.1 Å². The Labute approximate surface area is 252 Å². The number of carbonyl (C=O) groups excluding carboxylic acids is 2. The van der Waals surface area contributed by atoms with E-state index in [4.69, 9.17) is 27.9 Å². The average molecular weight is 621 g/mol. The van der Waals surface area contributed by atoms with Gasteiger partial charge in [-0.25, -0.2) is 8.42 Å². The standard InChI is InChI=1S/C30H35Cl2N3O5S/c1-4-5-16-33-30(37)28(17-22-10-7-6-8-11-22)34(20-23-14-15-24(31)18-27(23)32)29(36)21-35(41(3,38)39)25-12-9-13-26(19-25)40-2/h6-15,18-19,28H,4-5,16-17,20-21H2,1-3H3,(H,33,37)/t28-/m0/s1. The first-order valence-corrected chi connectivity index (χ1v) is 15.8. The molecule has 8 nitrogen and oxygen atoms in total. The molecule has 0 heterocycles. The Balaban J connectivity index is 2.07. The van der Waals surface area contributed by atoms with E-state index < -0.39 is 28.5 Å². The van der Waals surface area contributed by atoms with E-state index in [1.807, 2.05) is 37.3 Å². The van der Waals surface area contributed by atoms with Crippen LogP contribution in [0.25, 0.3) is 0 Å². The number of halogens is 2. The third kappa shape index (κ3) is 9.38. The molecule has 11 heteroatoms. The normalized spacial score (nSPS) is 11.9. The predicted octanol–water partition coefficient (Wildman–Crippen LogP) is 5.32. The maximum Gasteiger partial charge on any atom is 0.244 e. The molecule has 0 fully saturated rings. The van der Waals surface area contributed by atoms with Gasteiger partial charge in [0.1, 0.15) is 18.3 Å². The van der Waals surface area contributed by atoms with E-state index in [1.165, 1.54) is 18.1 Å². The number of unbranched alkanes of at least 4 members (excludes halogenated alkanes) is 1. The zero-order chi connectivity index (χ0) is 30.0. The minimum Gasteiger partial charge on any atom is -0.497 e. The number of carbonyl (C=O) groups is 2. The number of amides is 2. The molecule has 0 spiro atoms. The van der Waals surface area contributed by atoms with Gasteiger partial charge < -0.3 is 15.0 Å². The summed E-state index contributed by atoms with van der Waals surface area (Å²) in [7, 11) is -2.42. The first-order valence-electron chi connectivity index (χ1n) is 13.2. The molecular weight excluding hydrogens is 585 g/mol. The fraction of sp³-hybridized carbons (Fsp3) is 0.333. The van der Waals surface area contributed by atoms with E-state index in [9.17, 15) is 18.0 Å². The van der Waals surface area contributed by atoms with Crippen LogP contribution >= 0.6 is 23.2 Å². The third-order valence-electron chi connectivity index (χ3n) is 6.48. The largest absolute Gasteiger partial charge is 0.497 e. The van der Waals surface area contributed by atoms with E-state index in [2.05, 4.69) is 5.32 Å². The summed E-state index contributed by atoms with van der Waals surface area (Å²) in [4.78, 5) is 29.1. The SMILES string of the molecule is CCCCNC(=O)[C@H](Cc1ccccc1)N(Cc1ccc(Cl)cc1Cl)C(=O)CN(c1cccc(OC)c1)S(C)(=O)=O. The van der Waals surface area contributed by atoms with Gasteiger partial charge in [0.15, 0.2) is 0 Å². The Bertz CT molecular complexity index is 1440. The maximum atomic E-state index is 14.1. The van der Waals surface area contributed by atoms with Crippen LogP contribution in [-0.4, -0.2) is 57.6 Å². The molecule has 2 amide bonds. The molecule has 220 valence electrons. The molecule has 0 aromatic heterocycles. The molecule has 3 aromatic carbocycles. The molecule has 0 saturated carbocycles. The van der Waals surface area contributed by atoms with Crippen LogP contribution in [0.5, 0.6) is 5.75 Å². The van der Waals surface area contributed by atoms with Crippen LogP contribution in [0, 0.1) is 0 Å². The highest BCUT2D eigenvalue weighted by atomic mass is 35.5. The van der Waals surface area contributed by atoms with Crippen LogP contribution in [0.2, 0.25) is 10.0 Å². The average Bonchev–Trinajstić information content (AvgIpc) is 2.94. The van der Waals surface area contributed by atoms with Crippen molar-refractivity contribution in [1.29, 1.82) is 0 Å². The number of sulfonamides is 1. The Morgan fingerprint density at radius 2 is 1.73 bits per heavy atom. The summed E-state index contributed by atoms with van der Waals surface area (Å²) in [5, 5.41) is 3.70. The second kappa shape index (κ2) is 15.1. The van der Waals surface area contributed by atoms with Gasteiger partial charge in [-0.15, -0.1) is 0 Å². The van der Waals surface area contributed by atoms with Gasteiger partial charge in [0.2, 0.25) is 21.8 Å². The second-order valence-electron chi connectivity index (χ2n) is 9.58. The summed E-state index contributed by atoms with van der Waals surface area (Å²) in [6.07, 6.45) is 2.90. The van der Waals surface area contributed by atoms with Crippen molar-refractivity contribution in [1.82, 2.24) is 10.2 Å². The Morgan fingerprint density at radius 3 is 2.37 bits per heavy atom. The van der Waals surface area contributed by atoms with Crippen LogP contribution in [0.15, 0.2) is 72.8 Å². The van der Waals surface area contributed by atoms with Gasteiger partial charge in [0, 0.05) is 35.6 Å². The number of hydrogen-bond acceptors (Lipinski definition) is 5. The van der Waals surface area contributed by atoms with Crippen molar-refractivity contribution in [2.75, 3.05) is 30.8 Å². The van der Waals surface area contributed by atoms with E-state index in [-0.39, 0.29) is 24.6 Å². The van der Waals surface area contributed by atoms with Crippen molar-refractivity contribution in [2.24, 2.45) is 0 Å². The zero-order valence-electron chi connectivity index (χ0n) is 23.3. The molecule has 0 aliphatic carbocycles.